The lowest BCUT2D eigenvalue weighted by molar-refractivity contribution is 0.481. The zero-order chi connectivity index (χ0) is 7.84. The zero-order valence-corrected chi connectivity index (χ0v) is 7.22. The molecule has 2 rings (SSSR count). The molecule has 0 saturated carbocycles. The monoisotopic (exact) mass is 211 g/mol. The number of aromatic nitrogens is 1. The lowest BCUT2D eigenvalue weighted by atomic mass is 10.2. The van der Waals surface area contributed by atoms with E-state index in [0.29, 0.717) is 5.75 Å². The first kappa shape index (κ1) is 6.73. The fourth-order valence-corrected chi connectivity index (χ4v) is 1.66. The topological polar surface area (TPSA) is 36.0 Å². The van der Waals surface area contributed by atoms with Crippen molar-refractivity contribution in [1.82, 2.24) is 4.98 Å². The number of aromatic hydroxyl groups is 1. The summed E-state index contributed by atoms with van der Waals surface area (Å²) in [6.45, 7) is 0. The summed E-state index contributed by atoms with van der Waals surface area (Å²) in [5.74, 6) is 0.302. The number of halogens is 1. The van der Waals surface area contributed by atoms with Crippen LogP contribution in [-0.4, -0.2) is 10.1 Å². The Labute approximate surface area is 72.0 Å². The maximum absolute atomic E-state index is 9.39. The van der Waals surface area contributed by atoms with Crippen molar-refractivity contribution in [3.8, 4) is 5.75 Å². The van der Waals surface area contributed by atoms with Gasteiger partial charge in [0, 0.05) is 10.7 Å². The first-order valence-corrected chi connectivity index (χ1v) is 4.03. The quantitative estimate of drug-likeness (QED) is 0.691. The summed E-state index contributed by atoms with van der Waals surface area (Å²) < 4.78 is 0.894. The minimum Gasteiger partial charge on any atom is -0.507 e. The third-order valence-corrected chi connectivity index (χ3v) is 2.26. The number of phenolic OH excluding ortho intramolecular Hbond substituents is 1. The summed E-state index contributed by atoms with van der Waals surface area (Å²) in [6.07, 6.45) is 1.81. The van der Waals surface area contributed by atoms with Gasteiger partial charge in [0.25, 0.3) is 0 Å². The summed E-state index contributed by atoms with van der Waals surface area (Å²) >= 11 is 3.33. The summed E-state index contributed by atoms with van der Waals surface area (Å²) in [5, 5.41) is 10.2. The Morgan fingerprint density at radius 2 is 2.18 bits per heavy atom. The van der Waals surface area contributed by atoms with Crippen molar-refractivity contribution >= 4 is 26.8 Å². The second-order valence-corrected chi connectivity index (χ2v) is 3.19. The predicted molar refractivity (Wildman–Crippen MR) is 47.7 cm³/mol. The van der Waals surface area contributed by atoms with Crippen molar-refractivity contribution in [3.05, 3.63) is 28.9 Å². The van der Waals surface area contributed by atoms with Gasteiger partial charge in [-0.05, 0) is 28.1 Å². The number of benzene rings is 1. The Hall–Kier alpha value is -0.960. The van der Waals surface area contributed by atoms with Gasteiger partial charge in [0.05, 0.1) is 10.9 Å². The van der Waals surface area contributed by atoms with E-state index in [-0.39, 0.29) is 0 Å². The number of hydrogen-bond donors (Lipinski definition) is 2. The standard InChI is InChI=1S/C8H6BrNO/c9-5-4-10-6-2-1-3-7(11)8(5)6/h1-4,10-11H. The molecule has 0 amide bonds. The van der Waals surface area contributed by atoms with Crippen LogP contribution in [0.25, 0.3) is 10.9 Å². The van der Waals surface area contributed by atoms with Crippen molar-refractivity contribution in [2.45, 2.75) is 0 Å². The van der Waals surface area contributed by atoms with E-state index in [0.717, 1.165) is 15.4 Å². The Morgan fingerprint density at radius 1 is 1.36 bits per heavy atom. The summed E-state index contributed by atoms with van der Waals surface area (Å²) in [6, 6.07) is 5.39. The molecule has 0 bridgehead atoms. The molecule has 0 fully saturated rings. The molecule has 0 spiro atoms. The van der Waals surface area contributed by atoms with Crippen LogP contribution in [0.15, 0.2) is 28.9 Å². The van der Waals surface area contributed by atoms with Gasteiger partial charge < -0.3 is 10.1 Å². The fourth-order valence-electron chi connectivity index (χ4n) is 1.12. The number of fused-ring (bicyclic) bond motifs is 1. The molecule has 11 heavy (non-hydrogen) atoms. The van der Waals surface area contributed by atoms with Gasteiger partial charge in [-0.2, -0.15) is 0 Å². The Bertz CT molecular complexity index is 394. The lowest BCUT2D eigenvalue weighted by Gasteiger charge is -1.93. The third-order valence-electron chi connectivity index (χ3n) is 1.64. The number of H-pyrrole nitrogens is 1. The van der Waals surface area contributed by atoms with Crippen LogP contribution >= 0.6 is 15.9 Å². The van der Waals surface area contributed by atoms with Gasteiger partial charge >= 0.3 is 0 Å². The molecule has 1 aromatic heterocycles. The van der Waals surface area contributed by atoms with Gasteiger partial charge in [0.15, 0.2) is 0 Å². The maximum Gasteiger partial charge on any atom is 0.126 e. The molecule has 0 aliphatic heterocycles. The maximum atomic E-state index is 9.39. The molecule has 0 radical (unpaired) electrons. The molecule has 3 heteroatoms. The van der Waals surface area contributed by atoms with Crippen LogP contribution < -0.4 is 0 Å². The molecule has 0 saturated heterocycles. The molecule has 2 nitrogen and oxygen atoms in total. The van der Waals surface area contributed by atoms with E-state index in [4.69, 9.17) is 0 Å². The van der Waals surface area contributed by atoms with Crippen molar-refractivity contribution in [2.24, 2.45) is 0 Å². The highest BCUT2D eigenvalue weighted by Gasteiger charge is 2.03. The minimum atomic E-state index is 0.302. The van der Waals surface area contributed by atoms with E-state index in [1.165, 1.54) is 0 Å². The highest BCUT2D eigenvalue weighted by atomic mass is 79.9. The van der Waals surface area contributed by atoms with E-state index >= 15 is 0 Å². The lowest BCUT2D eigenvalue weighted by Crippen LogP contribution is -1.67. The predicted octanol–water partition coefficient (Wildman–Crippen LogP) is 2.64. The zero-order valence-electron chi connectivity index (χ0n) is 5.63. The van der Waals surface area contributed by atoms with Crippen LogP contribution in [0.5, 0.6) is 5.75 Å². The SMILES string of the molecule is Oc1cccc2[nH]cc(Br)c12. The van der Waals surface area contributed by atoms with E-state index in [1.54, 1.807) is 12.1 Å². The van der Waals surface area contributed by atoms with E-state index in [1.807, 2.05) is 12.3 Å². The van der Waals surface area contributed by atoms with E-state index in [2.05, 4.69) is 20.9 Å². The second kappa shape index (κ2) is 2.27. The molecule has 0 aliphatic rings. The number of phenols is 1. The minimum absolute atomic E-state index is 0.302. The van der Waals surface area contributed by atoms with Crippen LogP contribution in [0.4, 0.5) is 0 Å². The molecule has 0 aliphatic carbocycles. The highest BCUT2D eigenvalue weighted by Crippen LogP contribution is 2.30. The number of rotatable bonds is 0. The van der Waals surface area contributed by atoms with Crippen LogP contribution in [-0.2, 0) is 0 Å². The van der Waals surface area contributed by atoms with E-state index < -0.39 is 0 Å². The van der Waals surface area contributed by atoms with Gasteiger partial charge in [-0.25, -0.2) is 0 Å². The van der Waals surface area contributed by atoms with Crippen molar-refractivity contribution in [1.29, 1.82) is 0 Å². The average molecular weight is 212 g/mol. The molecule has 2 aromatic rings. The van der Waals surface area contributed by atoms with Gasteiger partial charge in [-0.3, -0.25) is 0 Å². The summed E-state index contributed by atoms with van der Waals surface area (Å²) in [5.41, 5.74) is 0.942. The first-order chi connectivity index (χ1) is 5.29. The summed E-state index contributed by atoms with van der Waals surface area (Å²) in [7, 11) is 0. The Balaban J connectivity index is 2.96. The number of nitrogens with one attached hydrogen (secondary N) is 1. The molecular formula is C8H6BrNO. The van der Waals surface area contributed by atoms with Crippen molar-refractivity contribution < 1.29 is 5.11 Å². The molecule has 0 atom stereocenters. The first-order valence-electron chi connectivity index (χ1n) is 3.23. The van der Waals surface area contributed by atoms with Crippen molar-refractivity contribution in [2.75, 3.05) is 0 Å². The summed E-state index contributed by atoms with van der Waals surface area (Å²) in [4.78, 5) is 3.02. The molecular weight excluding hydrogens is 206 g/mol. The van der Waals surface area contributed by atoms with Crippen LogP contribution in [0.2, 0.25) is 0 Å². The molecule has 0 unspecified atom stereocenters. The van der Waals surface area contributed by atoms with Crippen molar-refractivity contribution in [3.63, 3.8) is 0 Å². The Morgan fingerprint density at radius 3 is 2.91 bits per heavy atom. The average Bonchev–Trinajstić information content (AvgIpc) is 2.34. The van der Waals surface area contributed by atoms with Crippen LogP contribution in [0.3, 0.4) is 0 Å². The smallest absolute Gasteiger partial charge is 0.126 e. The Kier molecular flexibility index (Phi) is 1.39. The van der Waals surface area contributed by atoms with Gasteiger partial charge in [-0.15, -0.1) is 0 Å². The number of aromatic amines is 1. The normalized spacial score (nSPS) is 10.6. The molecule has 56 valence electrons. The van der Waals surface area contributed by atoms with Gasteiger partial charge in [0.1, 0.15) is 5.75 Å². The fraction of sp³-hybridized carbons (Fsp3) is 0. The highest BCUT2D eigenvalue weighted by molar-refractivity contribution is 9.10. The van der Waals surface area contributed by atoms with Gasteiger partial charge in [-0.1, -0.05) is 6.07 Å². The largest absolute Gasteiger partial charge is 0.507 e. The number of hydrogen-bond acceptors (Lipinski definition) is 1. The molecule has 2 N–H and O–H groups in total. The second-order valence-electron chi connectivity index (χ2n) is 2.34. The van der Waals surface area contributed by atoms with Gasteiger partial charge in [0.2, 0.25) is 0 Å². The third kappa shape index (κ3) is 0.922. The molecule has 1 heterocycles. The van der Waals surface area contributed by atoms with Crippen LogP contribution in [0, 0.1) is 0 Å². The molecule has 1 aromatic carbocycles. The van der Waals surface area contributed by atoms with Crippen LogP contribution in [0.1, 0.15) is 0 Å². The van der Waals surface area contributed by atoms with E-state index in [9.17, 15) is 5.11 Å².